The summed E-state index contributed by atoms with van der Waals surface area (Å²) in [6.07, 6.45) is 3.26. The highest BCUT2D eigenvalue weighted by atomic mass is 32.1. The first kappa shape index (κ1) is 11.5. The number of carbonyl (C=O) groups excluding carboxylic acids is 1. The molecule has 1 aliphatic heterocycles. The number of anilines is 1. The Labute approximate surface area is 118 Å². The van der Waals surface area contributed by atoms with Gasteiger partial charge in [-0.25, -0.2) is 4.98 Å². The quantitative estimate of drug-likeness (QED) is 0.748. The highest BCUT2D eigenvalue weighted by Crippen LogP contribution is 2.35. The summed E-state index contributed by atoms with van der Waals surface area (Å²) < 4.78 is 7.59. The van der Waals surface area contributed by atoms with E-state index in [1.807, 2.05) is 28.8 Å². The molecule has 3 heterocycles. The summed E-state index contributed by atoms with van der Waals surface area (Å²) in [5.41, 5.74) is 2.79. The molecule has 0 spiro atoms. The highest BCUT2D eigenvalue weighted by molar-refractivity contribution is 7.15. The summed E-state index contributed by atoms with van der Waals surface area (Å²) in [6, 6.07) is 5.81. The number of ether oxygens (including phenoxy) is 1. The van der Waals surface area contributed by atoms with Crippen LogP contribution in [0.15, 0.2) is 36.0 Å². The van der Waals surface area contributed by atoms with Crippen molar-refractivity contribution in [2.75, 3.05) is 5.32 Å². The Bertz CT molecular complexity index is 821. The second-order valence-electron chi connectivity index (χ2n) is 4.66. The number of imidazole rings is 1. The fourth-order valence-corrected chi connectivity index (χ4v) is 3.16. The number of aromatic nitrogens is 2. The van der Waals surface area contributed by atoms with Gasteiger partial charge in [0.25, 0.3) is 5.91 Å². The molecule has 1 atom stereocenters. The largest absolute Gasteiger partial charge is 0.479 e. The molecule has 3 aromatic rings. The van der Waals surface area contributed by atoms with Crippen molar-refractivity contribution in [2.24, 2.45) is 0 Å². The minimum atomic E-state index is -0.449. The summed E-state index contributed by atoms with van der Waals surface area (Å²) in [5, 5.41) is 4.92. The van der Waals surface area contributed by atoms with Crippen molar-refractivity contribution in [1.29, 1.82) is 0 Å². The lowest BCUT2D eigenvalue weighted by Crippen LogP contribution is -2.34. The molecule has 0 saturated heterocycles. The molecule has 0 fully saturated rings. The van der Waals surface area contributed by atoms with E-state index in [-0.39, 0.29) is 5.91 Å². The summed E-state index contributed by atoms with van der Waals surface area (Å²) in [5.74, 6) is 0.589. The van der Waals surface area contributed by atoms with Crippen LogP contribution in [0.4, 0.5) is 5.69 Å². The van der Waals surface area contributed by atoms with Gasteiger partial charge >= 0.3 is 0 Å². The van der Waals surface area contributed by atoms with Gasteiger partial charge in [-0.15, -0.1) is 11.3 Å². The van der Waals surface area contributed by atoms with Crippen LogP contribution in [0.25, 0.3) is 16.2 Å². The third-order valence-electron chi connectivity index (χ3n) is 3.35. The number of amides is 1. The predicted molar refractivity (Wildman–Crippen MR) is 77.2 cm³/mol. The number of hydrogen-bond donors (Lipinski definition) is 1. The fraction of sp³-hybridized carbons (Fsp3) is 0.143. The second-order valence-corrected chi connectivity index (χ2v) is 5.50. The number of thiazole rings is 1. The van der Waals surface area contributed by atoms with Gasteiger partial charge in [-0.05, 0) is 25.1 Å². The van der Waals surface area contributed by atoms with E-state index in [0.717, 1.165) is 16.2 Å². The van der Waals surface area contributed by atoms with Gasteiger partial charge in [-0.3, -0.25) is 9.20 Å². The van der Waals surface area contributed by atoms with E-state index in [9.17, 15) is 4.79 Å². The molecule has 5 nitrogen and oxygen atoms in total. The molecule has 0 aliphatic carbocycles. The van der Waals surface area contributed by atoms with E-state index in [4.69, 9.17) is 4.74 Å². The normalized spacial score (nSPS) is 17.6. The Morgan fingerprint density at radius 3 is 3.25 bits per heavy atom. The summed E-state index contributed by atoms with van der Waals surface area (Å²) in [7, 11) is 0. The Morgan fingerprint density at radius 2 is 2.35 bits per heavy atom. The average molecular weight is 285 g/mol. The van der Waals surface area contributed by atoms with Crippen LogP contribution in [0, 0.1) is 0 Å². The molecule has 4 rings (SSSR count). The van der Waals surface area contributed by atoms with Crippen molar-refractivity contribution in [3.8, 4) is 17.0 Å². The monoisotopic (exact) mass is 285 g/mol. The number of rotatable bonds is 1. The van der Waals surface area contributed by atoms with Gasteiger partial charge in [0.15, 0.2) is 11.1 Å². The molecule has 1 aliphatic rings. The van der Waals surface area contributed by atoms with Gasteiger partial charge < -0.3 is 10.1 Å². The standard InChI is InChI=1S/C14H11N3O2S/c1-8-13(18)16-10-6-9(2-3-12(10)19-8)11-7-20-14-15-4-5-17(11)14/h2-8H,1H3,(H,16,18). The summed E-state index contributed by atoms with van der Waals surface area (Å²) >= 11 is 1.59. The lowest BCUT2D eigenvalue weighted by atomic mass is 10.1. The van der Waals surface area contributed by atoms with Gasteiger partial charge in [-0.1, -0.05) is 0 Å². The number of benzene rings is 1. The lowest BCUT2D eigenvalue weighted by molar-refractivity contribution is -0.122. The van der Waals surface area contributed by atoms with Crippen molar-refractivity contribution in [1.82, 2.24) is 9.38 Å². The molecule has 0 saturated carbocycles. The van der Waals surface area contributed by atoms with Gasteiger partial charge in [0.2, 0.25) is 0 Å². The lowest BCUT2D eigenvalue weighted by Gasteiger charge is -2.23. The molecule has 1 unspecified atom stereocenters. The van der Waals surface area contributed by atoms with Gasteiger partial charge in [0.05, 0.1) is 11.4 Å². The van der Waals surface area contributed by atoms with Crippen LogP contribution in [0.3, 0.4) is 0 Å². The zero-order chi connectivity index (χ0) is 13.7. The Hall–Kier alpha value is -2.34. The number of hydrogen-bond acceptors (Lipinski definition) is 4. The molecule has 1 N–H and O–H groups in total. The fourth-order valence-electron chi connectivity index (χ4n) is 2.30. The Kier molecular flexibility index (Phi) is 2.34. The first-order valence-corrected chi connectivity index (χ1v) is 7.13. The molecule has 6 heteroatoms. The van der Waals surface area contributed by atoms with Crippen LogP contribution in [-0.4, -0.2) is 21.4 Å². The first-order chi connectivity index (χ1) is 9.72. The van der Waals surface area contributed by atoms with Crippen molar-refractivity contribution >= 4 is 27.9 Å². The third kappa shape index (κ3) is 1.61. The topological polar surface area (TPSA) is 55.6 Å². The van der Waals surface area contributed by atoms with Gasteiger partial charge in [0.1, 0.15) is 5.75 Å². The maximum atomic E-state index is 11.7. The zero-order valence-corrected chi connectivity index (χ0v) is 11.5. The van der Waals surface area contributed by atoms with E-state index in [0.29, 0.717) is 11.4 Å². The van der Waals surface area contributed by atoms with Crippen LogP contribution in [0.5, 0.6) is 5.75 Å². The molecule has 0 bridgehead atoms. The van der Waals surface area contributed by atoms with Crippen molar-refractivity contribution in [3.63, 3.8) is 0 Å². The minimum Gasteiger partial charge on any atom is -0.479 e. The van der Waals surface area contributed by atoms with Gasteiger partial charge in [0, 0.05) is 23.3 Å². The number of fused-ring (bicyclic) bond motifs is 2. The van der Waals surface area contributed by atoms with E-state index >= 15 is 0 Å². The van der Waals surface area contributed by atoms with Crippen LogP contribution >= 0.6 is 11.3 Å². The second kappa shape index (κ2) is 4.08. The molecular weight excluding hydrogens is 274 g/mol. The maximum Gasteiger partial charge on any atom is 0.265 e. The van der Waals surface area contributed by atoms with Crippen molar-refractivity contribution in [3.05, 3.63) is 36.0 Å². The number of nitrogens with zero attached hydrogens (tertiary/aromatic N) is 2. The SMILES string of the molecule is CC1Oc2ccc(-c3csc4nccn34)cc2NC1=O. The molecule has 100 valence electrons. The average Bonchev–Trinajstić information content (AvgIpc) is 3.02. The molecule has 0 radical (unpaired) electrons. The predicted octanol–water partition coefficient (Wildman–Crippen LogP) is 2.78. The van der Waals surface area contributed by atoms with Crippen molar-refractivity contribution < 1.29 is 9.53 Å². The molecule has 1 amide bonds. The Morgan fingerprint density at radius 1 is 1.45 bits per heavy atom. The molecule has 20 heavy (non-hydrogen) atoms. The number of carbonyl (C=O) groups is 1. The molecule has 2 aromatic heterocycles. The molecular formula is C14H11N3O2S. The highest BCUT2D eigenvalue weighted by Gasteiger charge is 2.23. The van der Waals surface area contributed by atoms with E-state index in [2.05, 4.69) is 15.7 Å². The summed E-state index contributed by atoms with van der Waals surface area (Å²) in [4.78, 5) is 16.9. The third-order valence-corrected chi connectivity index (χ3v) is 4.20. The Balaban J connectivity index is 1.83. The smallest absolute Gasteiger partial charge is 0.265 e. The molecule has 1 aromatic carbocycles. The van der Waals surface area contributed by atoms with E-state index in [1.54, 1.807) is 24.5 Å². The minimum absolute atomic E-state index is 0.118. The van der Waals surface area contributed by atoms with Crippen LogP contribution in [-0.2, 0) is 4.79 Å². The van der Waals surface area contributed by atoms with E-state index in [1.165, 1.54) is 0 Å². The van der Waals surface area contributed by atoms with Crippen LogP contribution in [0.1, 0.15) is 6.92 Å². The maximum absolute atomic E-state index is 11.7. The van der Waals surface area contributed by atoms with E-state index < -0.39 is 6.10 Å². The van der Waals surface area contributed by atoms with Crippen LogP contribution in [0.2, 0.25) is 0 Å². The number of nitrogens with one attached hydrogen (secondary N) is 1. The van der Waals surface area contributed by atoms with Gasteiger partial charge in [-0.2, -0.15) is 0 Å². The van der Waals surface area contributed by atoms with Crippen molar-refractivity contribution in [2.45, 2.75) is 13.0 Å². The van der Waals surface area contributed by atoms with Crippen LogP contribution < -0.4 is 10.1 Å². The summed E-state index contributed by atoms with van der Waals surface area (Å²) in [6.45, 7) is 1.74. The zero-order valence-electron chi connectivity index (χ0n) is 10.7. The first-order valence-electron chi connectivity index (χ1n) is 6.25.